The number of halogens is 2. The lowest BCUT2D eigenvalue weighted by Crippen LogP contribution is -2.28. The van der Waals surface area contributed by atoms with E-state index in [0.717, 1.165) is 10.7 Å². The average molecular weight is 421 g/mol. The number of nitrogens with zero attached hydrogens (tertiary/aromatic N) is 3. The molecule has 0 unspecified atom stereocenters. The molecule has 0 fully saturated rings. The van der Waals surface area contributed by atoms with Crippen molar-refractivity contribution in [3.8, 4) is 0 Å². The summed E-state index contributed by atoms with van der Waals surface area (Å²) in [6.07, 6.45) is 0. The second kappa shape index (κ2) is 8.78. The molecule has 27 heavy (non-hydrogen) atoms. The fourth-order valence-corrected chi connectivity index (χ4v) is 4.02. The molecule has 0 aliphatic heterocycles. The number of nitrogens with one attached hydrogen (secondary N) is 1. The van der Waals surface area contributed by atoms with Crippen LogP contribution in [0.1, 0.15) is 34.7 Å². The molecule has 3 aromatic rings. The van der Waals surface area contributed by atoms with Gasteiger partial charge in [-0.2, -0.15) is 0 Å². The van der Waals surface area contributed by atoms with E-state index in [4.69, 9.17) is 23.2 Å². The van der Waals surface area contributed by atoms with Gasteiger partial charge in [0.25, 0.3) is 5.91 Å². The number of thioether (sulfide) groups is 1. The molecule has 0 spiro atoms. The smallest absolute Gasteiger partial charge is 0.251 e. The summed E-state index contributed by atoms with van der Waals surface area (Å²) in [7, 11) is 1.88. The first kappa shape index (κ1) is 19.7. The molecule has 1 amide bonds. The van der Waals surface area contributed by atoms with Crippen molar-refractivity contribution in [3.63, 3.8) is 0 Å². The molecule has 0 bridgehead atoms. The van der Waals surface area contributed by atoms with Crippen molar-refractivity contribution in [1.82, 2.24) is 20.1 Å². The van der Waals surface area contributed by atoms with Gasteiger partial charge in [0.05, 0.1) is 6.04 Å². The van der Waals surface area contributed by atoms with E-state index in [1.165, 1.54) is 11.8 Å². The van der Waals surface area contributed by atoms with Gasteiger partial charge in [-0.25, -0.2) is 0 Å². The van der Waals surface area contributed by atoms with Crippen LogP contribution in [0.25, 0.3) is 0 Å². The van der Waals surface area contributed by atoms with Gasteiger partial charge in [-0.1, -0.05) is 59.2 Å². The molecule has 1 aromatic heterocycles. The van der Waals surface area contributed by atoms with E-state index < -0.39 is 0 Å². The van der Waals surface area contributed by atoms with Crippen LogP contribution in [-0.2, 0) is 12.8 Å². The van der Waals surface area contributed by atoms with Crippen LogP contribution in [0.4, 0.5) is 0 Å². The van der Waals surface area contributed by atoms with Gasteiger partial charge < -0.3 is 9.88 Å². The van der Waals surface area contributed by atoms with Gasteiger partial charge in [-0.3, -0.25) is 4.79 Å². The van der Waals surface area contributed by atoms with E-state index in [0.29, 0.717) is 27.2 Å². The molecule has 0 saturated carbocycles. The molecule has 1 atom stereocenters. The lowest BCUT2D eigenvalue weighted by atomic mass is 10.2. The lowest BCUT2D eigenvalue weighted by Gasteiger charge is -2.13. The number of carbonyl (C=O) groups excluding carboxylic acids is 1. The number of hydrogen-bond donors (Lipinski definition) is 1. The maximum absolute atomic E-state index is 12.3. The van der Waals surface area contributed by atoms with Crippen LogP contribution in [-0.4, -0.2) is 20.7 Å². The average Bonchev–Trinajstić information content (AvgIpc) is 3.02. The van der Waals surface area contributed by atoms with E-state index in [9.17, 15) is 4.79 Å². The predicted molar refractivity (Wildman–Crippen MR) is 109 cm³/mol. The predicted octanol–water partition coefficient (Wildman–Crippen LogP) is 4.91. The molecule has 1 N–H and O–H groups in total. The zero-order valence-electron chi connectivity index (χ0n) is 14.8. The number of amides is 1. The Morgan fingerprint density at radius 2 is 1.93 bits per heavy atom. The summed E-state index contributed by atoms with van der Waals surface area (Å²) in [5.41, 5.74) is 1.58. The van der Waals surface area contributed by atoms with Crippen LogP contribution in [0.15, 0.2) is 53.7 Å². The van der Waals surface area contributed by atoms with Crippen molar-refractivity contribution in [1.29, 1.82) is 0 Å². The zero-order valence-corrected chi connectivity index (χ0v) is 17.1. The van der Waals surface area contributed by atoms with E-state index >= 15 is 0 Å². The minimum Gasteiger partial charge on any atom is -0.342 e. The second-order valence-electron chi connectivity index (χ2n) is 5.99. The maximum atomic E-state index is 12.3. The number of carbonyl (C=O) groups is 1. The van der Waals surface area contributed by atoms with Crippen LogP contribution >= 0.6 is 35.0 Å². The van der Waals surface area contributed by atoms with E-state index in [2.05, 4.69) is 15.5 Å². The van der Waals surface area contributed by atoms with Gasteiger partial charge in [0.15, 0.2) is 11.0 Å². The van der Waals surface area contributed by atoms with E-state index in [1.54, 1.807) is 18.2 Å². The largest absolute Gasteiger partial charge is 0.342 e. The Kier molecular flexibility index (Phi) is 6.42. The van der Waals surface area contributed by atoms with Crippen molar-refractivity contribution in [2.75, 3.05) is 0 Å². The highest BCUT2D eigenvalue weighted by molar-refractivity contribution is 7.98. The van der Waals surface area contributed by atoms with Crippen molar-refractivity contribution in [2.45, 2.75) is 23.9 Å². The number of rotatable bonds is 6. The number of aromatic nitrogens is 3. The second-order valence-corrected chi connectivity index (χ2v) is 7.77. The first-order valence-electron chi connectivity index (χ1n) is 8.27. The molecule has 8 heteroatoms. The standard InChI is InChI=1S/C19H18Cl2N4OS/c1-12(22-18(26)13-6-4-3-5-7-13)17-23-24-19(25(17)2)27-11-14-8-9-15(20)10-16(14)21/h3-10,12H,11H2,1-2H3,(H,22,26)/t12-/m0/s1. The highest BCUT2D eigenvalue weighted by Gasteiger charge is 2.18. The summed E-state index contributed by atoms with van der Waals surface area (Å²) in [6.45, 7) is 1.88. The molecule has 3 rings (SSSR count). The Hall–Kier alpha value is -2.02. The van der Waals surface area contributed by atoms with E-state index in [1.807, 2.05) is 48.9 Å². The van der Waals surface area contributed by atoms with Gasteiger partial charge in [0.2, 0.25) is 0 Å². The number of hydrogen-bond acceptors (Lipinski definition) is 4. The van der Waals surface area contributed by atoms with Crippen molar-refractivity contribution >= 4 is 40.9 Å². The maximum Gasteiger partial charge on any atom is 0.251 e. The number of benzene rings is 2. The fourth-order valence-electron chi connectivity index (χ4n) is 2.54. The first-order chi connectivity index (χ1) is 13.0. The Morgan fingerprint density at radius 3 is 2.63 bits per heavy atom. The van der Waals surface area contributed by atoms with Crippen molar-refractivity contribution in [3.05, 3.63) is 75.5 Å². The molecule has 5 nitrogen and oxygen atoms in total. The molecule has 0 saturated heterocycles. The zero-order chi connectivity index (χ0) is 19.4. The van der Waals surface area contributed by atoms with E-state index in [-0.39, 0.29) is 11.9 Å². The molecule has 0 aliphatic carbocycles. The Labute approximate surface area is 172 Å². The summed E-state index contributed by atoms with van der Waals surface area (Å²) in [6, 6.07) is 14.2. The van der Waals surface area contributed by atoms with Gasteiger partial charge in [0.1, 0.15) is 0 Å². The normalized spacial score (nSPS) is 12.0. The lowest BCUT2D eigenvalue weighted by molar-refractivity contribution is 0.0937. The molecular formula is C19H18Cl2N4OS. The molecule has 2 aromatic carbocycles. The molecule has 140 valence electrons. The highest BCUT2D eigenvalue weighted by Crippen LogP contribution is 2.28. The minimum absolute atomic E-state index is 0.145. The van der Waals surface area contributed by atoms with Crippen LogP contribution < -0.4 is 5.32 Å². The third-order valence-corrected chi connectivity index (χ3v) is 5.67. The third-order valence-electron chi connectivity index (χ3n) is 4.01. The summed E-state index contributed by atoms with van der Waals surface area (Å²) in [4.78, 5) is 12.3. The van der Waals surface area contributed by atoms with Gasteiger partial charge in [-0.05, 0) is 36.8 Å². The molecule has 0 aliphatic rings. The van der Waals surface area contributed by atoms with Crippen LogP contribution in [0, 0.1) is 0 Å². The topological polar surface area (TPSA) is 59.8 Å². The first-order valence-corrected chi connectivity index (χ1v) is 10.0. The van der Waals surface area contributed by atoms with Gasteiger partial charge in [0, 0.05) is 28.4 Å². The SMILES string of the molecule is C[C@H](NC(=O)c1ccccc1)c1nnc(SCc2ccc(Cl)cc2Cl)n1C. The Morgan fingerprint density at radius 1 is 1.19 bits per heavy atom. The Bertz CT molecular complexity index is 946. The van der Waals surface area contributed by atoms with Crippen LogP contribution in [0.3, 0.4) is 0 Å². The summed E-state index contributed by atoms with van der Waals surface area (Å²) >= 11 is 13.7. The van der Waals surface area contributed by atoms with Gasteiger partial charge in [-0.15, -0.1) is 10.2 Å². The third kappa shape index (κ3) is 4.83. The molecular weight excluding hydrogens is 403 g/mol. The molecule has 0 radical (unpaired) electrons. The van der Waals surface area contributed by atoms with Gasteiger partial charge >= 0.3 is 0 Å². The monoisotopic (exact) mass is 420 g/mol. The summed E-state index contributed by atoms with van der Waals surface area (Å²) < 4.78 is 1.88. The molecule has 1 heterocycles. The van der Waals surface area contributed by atoms with Crippen LogP contribution in [0.2, 0.25) is 10.0 Å². The summed E-state index contributed by atoms with van der Waals surface area (Å²) in [5.74, 6) is 1.18. The highest BCUT2D eigenvalue weighted by atomic mass is 35.5. The van der Waals surface area contributed by atoms with Crippen molar-refractivity contribution < 1.29 is 4.79 Å². The fraction of sp³-hybridized carbons (Fsp3) is 0.211. The minimum atomic E-state index is -0.274. The van der Waals surface area contributed by atoms with Crippen molar-refractivity contribution in [2.24, 2.45) is 7.05 Å². The quantitative estimate of drug-likeness (QED) is 0.575. The Balaban J connectivity index is 1.66. The summed E-state index contributed by atoms with van der Waals surface area (Å²) in [5, 5.41) is 13.4. The van der Waals surface area contributed by atoms with Crippen LogP contribution in [0.5, 0.6) is 0 Å².